The van der Waals surface area contributed by atoms with Gasteiger partial charge in [-0.1, -0.05) is 34.1 Å². The number of aliphatic imine (C=N–C) groups is 1. The summed E-state index contributed by atoms with van der Waals surface area (Å²) in [6.07, 6.45) is 0.473. The van der Waals surface area contributed by atoms with Crippen LogP contribution in [0.15, 0.2) is 58.0 Å². The number of amidine groups is 1. The lowest BCUT2D eigenvalue weighted by Crippen LogP contribution is -2.25. The van der Waals surface area contributed by atoms with Gasteiger partial charge >= 0.3 is 0 Å². The zero-order valence-electron chi connectivity index (χ0n) is 13.0. The van der Waals surface area contributed by atoms with E-state index < -0.39 is 0 Å². The summed E-state index contributed by atoms with van der Waals surface area (Å²) in [6.45, 7) is 0. The molecule has 1 aromatic heterocycles. The number of likely N-dealkylation sites (tertiary alicyclic amines) is 1. The van der Waals surface area contributed by atoms with Gasteiger partial charge in [0.05, 0.1) is 22.8 Å². The van der Waals surface area contributed by atoms with Gasteiger partial charge in [-0.3, -0.25) is 4.79 Å². The van der Waals surface area contributed by atoms with Crippen molar-refractivity contribution < 1.29 is 4.79 Å². The normalized spacial score (nSPS) is 18.9. The summed E-state index contributed by atoms with van der Waals surface area (Å²) in [7, 11) is 1.82. The van der Waals surface area contributed by atoms with Crippen LogP contribution in [0.25, 0.3) is 16.6 Å². The molecule has 2 aromatic carbocycles. The first-order valence-corrected chi connectivity index (χ1v) is 8.68. The Labute approximate surface area is 147 Å². The van der Waals surface area contributed by atoms with E-state index in [1.165, 1.54) is 5.39 Å². The summed E-state index contributed by atoms with van der Waals surface area (Å²) in [5.74, 6) is 0.960. The quantitative estimate of drug-likeness (QED) is 0.570. The molecule has 24 heavy (non-hydrogen) atoms. The number of aromatic nitrogens is 1. The number of para-hydroxylation sites is 1. The largest absolute Gasteiger partial charge is 0.311 e. The molecule has 5 heteroatoms. The van der Waals surface area contributed by atoms with Crippen molar-refractivity contribution in [2.24, 2.45) is 4.99 Å². The first-order valence-electron chi connectivity index (χ1n) is 7.89. The number of likely N-dealkylation sites (N-methyl/N-ethyl adjacent to an activating group) is 1. The molecule has 3 aromatic rings. The van der Waals surface area contributed by atoms with Crippen LogP contribution in [0.4, 0.5) is 5.69 Å². The van der Waals surface area contributed by atoms with Crippen LogP contribution in [0.5, 0.6) is 0 Å². The smallest absolute Gasteiger partial charge is 0.228 e. The van der Waals surface area contributed by atoms with E-state index in [0.717, 1.165) is 32.9 Å². The molecule has 0 radical (unpaired) electrons. The van der Waals surface area contributed by atoms with E-state index >= 15 is 0 Å². The molecular formula is C19H14BrN3O. The third kappa shape index (κ3) is 1.79. The highest BCUT2D eigenvalue weighted by atomic mass is 79.9. The first-order chi connectivity index (χ1) is 11.6. The van der Waals surface area contributed by atoms with Crippen LogP contribution in [0, 0.1) is 0 Å². The molecule has 0 bridgehead atoms. The molecule has 0 N–H and O–H groups in total. The molecule has 1 atom stereocenters. The predicted molar refractivity (Wildman–Crippen MR) is 98.2 cm³/mol. The van der Waals surface area contributed by atoms with Gasteiger partial charge in [0.25, 0.3) is 0 Å². The zero-order valence-corrected chi connectivity index (χ0v) is 14.6. The Morgan fingerprint density at radius 2 is 2.00 bits per heavy atom. The Kier molecular flexibility index (Phi) is 2.80. The molecule has 1 unspecified atom stereocenters. The molecule has 1 fully saturated rings. The van der Waals surface area contributed by atoms with Gasteiger partial charge in [-0.2, -0.15) is 0 Å². The minimum absolute atomic E-state index is 0.000996. The molecule has 5 rings (SSSR count). The van der Waals surface area contributed by atoms with Gasteiger partial charge in [-0.25, -0.2) is 4.99 Å². The number of benzene rings is 2. The standard InChI is InChI=1S/C19H14BrN3O/c1-22-18(24)10-13-16-8-11-4-2-3-5-15(11)23(16)17-9-12(20)6-7-14(17)21-19(13)22/h2-9,13H,10H2,1H3. The lowest BCUT2D eigenvalue weighted by molar-refractivity contribution is -0.124. The number of rotatable bonds is 0. The fraction of sp³-hybridized carbons (Fsp3) is 0.158. The number of hydrogen-bond donors (Lipinski definition) is 0. The Bertz CT molecular complexity index is 1050. The fourth-order valence-electron chi connectivity index (χ4n) is 3.75. The van der Waals surface area contributed by atoms with Crippen LogP contribution in [-0.4, -0.2) is 28.3 Å². The third-order valence-electron chi connectivity index (χ3n) is 4.92. The summed E-state index contributed by atoms with van der Waals surface area (Å²) in [6, 6.07) is 16.6. The molecule has 0 aliphatic carbocycles. The van der Waals surface area contributed by atoms with Crippen molar-refractivity contribution in [1.29, 1.82) is 0 Å². The van der Waals surface area contributed by atoms with Crippen molar-refractivity contribution in [3.05, 3.63) is 58.7 Å². The number of hydrogen-bond acceptors (Lipinski definition) is 2. The molecule has 1 amide bonds. The molecule has 0 spiro atoms. The molecule has 0 saturated carbocycles. The van der Waals surface area contributed by atoms with Crippen molar-refractivity contribution in [1.82, 2.24) is 9.47 Å². The monoisotopic (exact) mass is 379 g/mol. The van der Waals surface area contributed by atoms with Gasteiger partial charge in [0, 0.05) is 29.0 Å². The Balaban J connectivity index is 1.93. The first kappa shape index (κ1) is 14.0. The van der Waals surface area contributed by atoms with E-state index in [4.69, 9.17) is 4.99 Å². The Morgan fingerprint density at radius 1 is 1.17 bits per heavy atom. The highest BCUT2D eigenvalue weighted by Gasteiger charge is 2.39. The van der Waals surface area contributed by atoms with E-state index in [1.807, 2.05) is 31.3 Å². The minimum atomic E-state index is 0.000996. The van der Waals surface area contributed by atoms with Crippen LogP contribution >= 0.6 is 15.9 Å². The van der Waals surface area contributed by atoms with Gasteiger partial charge in [0.2, 0.25) is 5.91 Å². The van der Waals surface area contributed by atoms with Gasteiger partial charge in [-0.15, -0.1) is 0 Å². The van der Waals surface area contributed by atoms with E-state index in [1.54, 1.807) is 4.90 Å². The molecule has 4 nitrogen and oxygen atoms in total. The second kappa shape index (κ2) is 4.80. The van der Waals surface area contributed by atoms with Crippen molar-refractivity contribution in [3.8, 4) is 5.69 Å². The van der Waals surface area contributed by atoms with Crippen LogP contribution in [0.1, 0.15) is 18.0 Å². The highest BCUT2D eigenvalue weighted by Crippen LogP contribution is 2.42. The highest BCUT2D eigenvalue weighted by molar-refractivity contribution is 9.10. The zero-order chi connectivity index (χ0) is 16.4. The van der Waals surface area contributed by atoms with Gasteiger partial charge in [0.1, 0.15) is 5.84 Å². The van der Waals surface area contributed by atoms with Crippen LogP contribution in [0.3, 0.4) is 0 Å². The number of nitrogens with zero attached hydrogens (tertiary/aromatic N) is 3. The second-order valence-electron chi connectivity index (χ2n) is 6.28. The lowest BCUT2D eigenvalue weighted by Gasteiger charge is -2.13. The maximum atomic E-state index is 12.3. The SMILES string of the molecule is CN1C(=O)CC2C1=Nc1ccc(Br)cc1-n1c2cc2ccccc21. The number of fused-ring (bicyclic) bond motifs is 7. The third-order valence-corrected chi connectivity index (χ3v) is 5.41. The molecule has 3 heterocycles. The van der Waals surface area contributed by atoms with Crippen LogP contribution < -0.4 is 0 Å². The predicted octanol–water partition coefficient (Wildman–Crippen LogP) is 4.38. The van der Waals surface area contributed by atoms with Crippen molar-refractivity contribution in [3.63, 3.8) is 0 Å². The summed E-state index contributed by atoms with van der Waals surface area (Å²) >= 11 is 3.58. The minimum Gasteiger partial charge on any atom is -0.311 e. The Morgan fingerprint density at radius 3 is 2.88 bits per heavy atom. The number of carbonyl (C=O) groups excluding carboxylic acids is 1. The lowest BCUT2D eigenvalue weighted by atomic mass is 10.0. The van der Waals surface area contributed by atoms with E-state index in [0.29, 0.717) is 6.42 Å². The van der Waals surface area contributed by atoms with Crippen molar-refractivity contribution in [2.45, 2.75) is 12.3 Å². The average molecular weight is 380 g/mol. The van der Waals surface area contributed by atoms with Crippen molar-refractivity contribution >= 4 is 44.3 Å². The maximum absolute atomic E-state index is 12.3. The molecular weight excluding hydrogens is 366 g/mol. The van der Waals surface area contributed by atoms with Gasteiger partial charge < -0.3 is 9.47 Å². The maximum Gasteiger partial charge on any atom is 0.228 e. The Hall–Kier alpha value is -2.40. The van der Waals surface area contributed by atoms with Gasteiger partial charge in [0.15, 0.2) is 0 Å². The van der Waals surface area contributed by atoms with E-state index in [2.05, 4.69) is 44.8 Å². The summed E-state index contributed by atoms with van der Waals surface area (Å²) in [5, 5.41) is 1.18. The van der Waals surface area contributed by atoms with Crippen LogP contribution in [-0.2, 0) is 4.79 Å². The second-order valence-corrected chi connectivity index (χ2v) is 7.19. The summed E-state index contributed by atoms with van der Waals surface area (Å²) < 4.78 is 3.27. The van der Waals surface area contributed by atoms with E-state index in [9.17, 15) is 4.79 Å². The van der Waals surface area contributed by atoms with Crippen molar-refractivity contribution in [2.75, 3.05) is 7.05 Å². The molecule has 1 saturated heterocycles. The van der Waals surface area contributed by atoms with E-state index in [-0.39, 0.29) is 11.8 Å². The average Bonchev–Trinajstić information content (AvgIpc) is 3.05. The van der Waals surface area contributed by atoms with Gasteiger partial charge in [-0.05, 0) is 30.3 Å². The summed E-state index contributed by atoms with van der Waals surface area (Å²) in [4.78, 5) is 18.8. The molecule has 2 aliphatic heterocycles. The number of halogens is 1. The summed E-state index contributed by atoms with van der Waals surface area (Å²) in [5.41, 5.74) is 4.21. The number of amides is 1. The van der Waals surface area contributed by atoms with Crippen LogP contribution in [0.2, 0.25) is 0 Å². The topological polar surface area (TPSA) is 37.6 Å². The molecule has 118 valence electrons. The molecule has 2 aliphatic rings. The number of carbonyl (C=O) groups is 1. The fourth-order valence-corrected chi connectivity index (χ4v) is 4.10.